The summed E-state index contributed by atoms with van der Waals surface area (Å²) in [6, 6.07) is 17.7. The number of hydrogen-bond acceptors (Lipinski definition) is 5. The zero-order chi connectivity index (χ0) is 23.6. The van der Waals surface area contributed by atoms with Gasteiger partial charge >= 0.3 is 12.1 Å². The van der Waals surface area contributed by atoms with E-state index in [1.165, 1.54) is 6.92 Å². The number of hydrogen-bond donors (Lipinski definition) is 2. The summed E-state index contributed by atoms with van der Waals surface area (Å²) in [5.41, 5.74) is 1.19. The maximum atomic E-state index is 13.2. The molecule has 32 heavy (non-hydrogen) atoms. The molecule has 2 aromatic carbocycles. The lowest BCUT2D eigenvalue weighted by molar-refractivity contribution is -0.142. The second-order valence-electron chi connectivity index (χ2n) is 8.59. The highest BCUT2D eigenvalue weighted by Crippen LogP contribution is 2.10. The Bertz CT molecular complexity index is 878. The number of esters is 1. The molecule has 0 aliphatic rings. The van der Waals surface area contributed by atoms with E-state index in [0.29, 0.717) is 6.42 Å². The predicted octanol–water partition coefficient (Wildman–Crippen LogP) is 3.41. The van der Waals surface area contributed by atoms with Gasteiger partial charge in [-0.15, -0.1) is 0 Å². The Kier molecular flexibility index (Phi) is 9.25. The van der Waals surface area contributed by atoms with Crippen molar-refractivity contribution < 1.29 is 23.9 Å². The molecule has 2 aromatic rings. The second-order valence-corrected chi connectivity index (χ2v) is 8.59. The first-order chi connectivity index (χ1) is 15.1. The Balaban J connectivity index is 2.15. The van der Waals surface area contributed by atoms with Crippen molar-refractivity contribution in [3.05, 3.63) is 71.8 Å². The SMILES string of the molecule is CC(=O)OC[C@@H](Cc1ccccc1)NC(=O)[C@H](Cc1ccccc1)NC(=O)OC(C)(C)C. The van der Waals surface area contributed by atoms with Gasteiger partial charge in [0, 0.05) is 13.3 Å². The molecule has 2 N–H and O–H groups in total. The largest absolute Gasteiger partial charge is 0.464 e. The van der Waals surface area contributed by atoms with E-state index in [-0.39, 0.29) is 18.9 Å². The lowest BCUT2D eigenvalue weighted by atomic mass is 10.0. The molecule has 0 fully saturated rings. The summed E-state index contributed by atoms with van der Waals surface area (Å²) in [6.07, 6.45) is 0.0928. The molecule has 7 nitrogen and oxygen atoms in total. The topological polar surface area (TPSA) is 93.7 Å². The quantitative estimate of drug-likeness (QED) is 0.583. The third-order valence-corrected chi connectivity index (χ3v) is 4.45. The van der Waals surface area contributed by atoms with Crippen molar-refractivity contribution >= 4 is 18.0 Å². The number of benzene rings is 2. The fourth-order valence-electron chi connectivity index (χ4n) is 3.08. The molecule has 0 radical (unpaired) electrons. The molecule has 0 aliphatic heterocycles. The summed E-state index contributed by atoms with van der Waals surface area (Å²) in [5.74, 6) is -0.808. The van der Waals surface area contributed by atoms with Crippen molar-refractivity contribution in [2.24, 2.45) is 0 Å². The first-order valence-electron chi connectivity index (χ1n) is 10.6. The van der Waals surface area contributed by atoms with Crippen LogP contribution >= 0.6 is 0 Å². The molecule has 0 saturated carbocycles. The lowest BCUT2D eigenvalue weighted by Gasteiger charge is -2.25. The van der Waals surface area contributed by atoms with Crippen LogP contribution in [-0.4, -0.2) is 42.3 Å². The first-order valence-corrected chi connectivity index (χ1v) is 10.6. The number of carbonyl (C=O) groups is 3. The van der Waals surface area contributed by atoms with Gasteiger partial charge in [-0.25, -0.2) is 4.79 Å². The summed E-state index contributed by atoms with van der Waals surface area (Å²) in [7, 11) is 0. The van der Waals surface area contributed by atoms with Crippen LogP contribution in [0.5, 0.6) is 0 Å². The van der Waals surface area contributed by atoms with Crippen LogP contribution in [-0.2, 0) is 31.9 Å². The van der Waals surface area contributed by atoms with E-state index in [0.717, 1.165) is 11.1 Å². The fourth-order valence-corrected chi connectivity index (χ4v) is 3.08. The van der Waals surface area contributed by atoms with Crippen LogP contribution in [0, 0.1) is 0 Å². The maximum absolute atomic E-state index is 13.2. The molecule has 0 spiro atoms. The highest BCUT2D eigenvalue weighted by atomic mass is 16.6. The van der Waals surface area contributed by atoms with Gasteiger partial charge in [0.1, 0.15) is 18.2 Å². The van der Waals surface area contributed by atoms with Crippen LogP contribution in [0.3, 0.4) is 0 Å². The maximum Gasteiger partial charge on any atom is 0.408 e. The molecule has 7 heteroatoms. The van der Waals surface area contributed by atoms with E-state index < -0.39 is 29.7 Å². The minimum absolute atomic E-state index is 0.0282. The summed E-state index contributed by atoms with van der Waals surface area (Å²) < 4.78 is 10.5. The molecular formula is C25H32N2O5. The van der Waals surface area contributed by atoms with E-state index >= 15 is 0 Å². The van der Waals surface area contributed by atoms with Crippen LogP contribution in [0.4, 0.5) is 4.79 Å². The first kappa shape index (κ1) is 24.9. The van der Waals surface area contributed by atoms with Gasteiger partial charge in [0.15, 0.2) is 0 Å². The van der Waals surface area contributed by atoms with Crippen LogP contribution in [0.25, 0.3) is 0 Å². The van der Waals surface area contributed by atoms with Crippen LogP contribution in [0.2, 0.25) is 0 Å². The normalized spacial score (nSPS) is 12.9. The van der Waals surface area contributed by atoms with Crippen LogP contribution in [0.15, 0.2) is 60.7 Å². The molecule has 0 heterocycles. The third-order valence-electron chi connectivity index (χ3n) is 4.45. The second kappa shape index (κ2) is 11.9. The molecule has 2 amide bonds. The van der Waals surface area contributed by atoms with Crippen LogP contribution in [0.1, 0.15) is 38.8 Å². The van der Waals surface area contributed by atoms with Gasteiger partial charge in [-0.2, -0.15) is 0 Å². The monoisotopic (exact) mass is 440 g/mol. The van der Waals surface area contributed by atoms with Gasteiger partial charge in [-0.3, -0.25) is 9.59 Å². The van der Waals surface area contributed by atoms with E-state index in [4.69, 9.17) is 9.47 Å². The van der Waals surface area contributed by atoms with Gasteiger partial charge in [0.05, 0.1) is 6.04 Å². The Morgan fingerprint density at radius 2 is 1.38 bits per heavy atom. The molecule has 0 aromatic heterocycles. The van der Waals surface area contributed by atoms with E-state index in [1.807, 2.05) is 60.7 Å². The zero-order valence-corrected chi connectivity index (χ0v) is 19.1. The molecule has 0 unspecified atom stereocenters. The van der Waals surface area contributed by atoms with Gasteiger partial charge < -0.3 is 20.1 Å². The number of rotatable bonds is 9. The number of ether oxygens (including phenoxy) is 2. The summed E-state index contributed by atoms with van der Waals surface area (Å²) in [5, 5.41) is 5.60. The molecule has 2 atom stereocenters. The van der Waals surface area contributed by atoms with E-state index in [2.05, 4.69) is 10.6 Å². The standard InChI is InChI=1S/C25H32N2O5/c1-18(28)31-17-21(15-19-11-7-5-8-12-19)26-23(29)22(16-20-13-9-6-10-14-20)27-24(30)32-25(2,3)4/h5-14,21-22H,15-17H2,1-4H3,(H,26,29)(H,27,30)/t21-,22+/m1/s1. The molecule has 2 rings (SSSR count). The summed E-state index contributed by atoms with van der Waals surface area (Å²) in [6.45, 7) is 6.62. The smallest absolute Gasteiger partial charge is 0.408 e. The highest BCUT2D eigenvalue weighted by Gasteiger charge is 2.27. The minimum atomic E-state index is -0.858. The van der Waals surface area contributed by atoms with Crippen LogP contribution < -0.4 is 10.6 Å². The molecule has 0 saturated heterocycles. The predicted molar refractivity (Wildman–Crippen MR) is 122 cm³/mol. The number of carbonyl (C=O) groups excluding carboxylic acids is 3. The Hall–Kier alpha value is -3.35. The van der Waals surface area contributed by atoms with Crippen molar-refractivity contribution in [1.82, 2.24) is 10.6 Å². The summed E-state index contributed by atoms with van der Waals surface area (Å²) >= 11 is 0. The molecule has 0 bridgehead atoms. The lowest BCUT2D eigenvalue weighted by Crippen LogP contribution is -2.53. The van der Waals surface area contributed by atoms with Gasteiger partial charge in [-0.1, -0.05) is 60.7 Å². The molecule has 0 aliphatic carbocycles. The van der Waals surface area contributed by atoms with E-state index in [9.17, 15) is 14.4 Å². The van der Waals surface area contributed by atoms with Gasteiger partial charge in [-0.05, 0) is 38.3 Å². The minimum Gasteiger partial charge on any atom is -0.464 e. The van der Waals surface area contributed by atoms with Crippen molar-refractivity contribution in [3.8, 4) is 0 Å². The number of nitrogens with one attached hydrogen (secondary N) is 2. The number of amides is 2. The van der Waals surface area contributed by atoms with Crippen molar-refractivity contribution in [2.45, 2.75) is 58.2 Å². The van der Waals surface area contributed by atoms with Gasteiger partial charge in [0.2, 0.25) is 5.91 Å². The Morgan fingerprint density at radius 3 is 1.88 bits per heavy atom. The average Bonchev–Trinajstić information content (AvgIpc) is 2.71. The molecular weight excluding hydrogens is 408 g/mol. The Labute approximate surface area is 189 Å². The van der Waals surface area contributed by atoms with Crippen molar-refractivity contribution in [2.75, 3.05) is 6.61 Å². The van der Waals surface area contributed by atoms with Gasteiger partial charge in [0.25, 0.3) is 0 Å². The third kappa shape index (κ3) is 9.64. The summed E-state index contributed by atoms with van der Waals surface area (Å²) in [4.78, 5) is 36.9. The number of alkyl carbamates (subject to hydrolysis) is 1. The average molecular weight is 441 g/mol. The fraction of sp³-hybridized carbons (Fsp3) is 0.400. The van der Waals surface area contributed by atoms with E-state index in [1.54, 1.807) is 20.8 Å². The zero-order valence-electron chi connectivity index (χ0n) is 19.1. The highest BCUT2D eigenvalue weighted by molar-refractivity contribution is 5.86. The Morgan fingerprint density at radius 1 is 0.844 bits per heavy atom. The molecule has 172 valence electrons. The van der Waals surface area contributed by atoms with Crippen molar-refractivity contribution in [1.29, 1.82) is 0 Å². The van der Waals surface area contributed by atoms with Crippen molar-refractivity contribution in [3.63, 3.8) is 0 Å².